The van der Waals surface area contributed by atoms with E-state index in [0.29, 0.717) is 31.7 Å². The zero-order chi connectivity index (χ0) is 19.7. The quantitative estimate of drug-likeness (QED) is 0.800. The summed E-state index contributed by atoms with van der Waals surface area (Å²) in [6, 6.07) is 14.5. The number of carboxylic acid groups (broad SMARTS) is 1. The second-order valence-electron chi connectivity index (χ2n) is 7.96. The van der Waals surface area contributed by atoms with Crippen molar-refractivity contribution < 1.29 is 19.4 Å². The molecular formula is C22H25FN2O3. The maximum absolute atomic E-state index is 14.0. The summed E-state index contributed by atoms with van der Waals surface area (Å²) >= 11 is 0. The van der Waals surface area contributed by atoms with Gasteiger partial charge in [-0.05, 0) is 17.2 Å². The molecule has 4 rings (SSSR count). The van der Waals surface area contributed by atoms with Crippen LogP contribution in [0.3, 0.4) is 0 Å². The Morgan fingerprint density at radius 2 is 1.75 bits per heavy atom. The minimum atomic E-state index is -0.748. The van der Waals surface area contributed by atoms with Gasteiger partial charge < -0.3 is 10.2 Å². The van der Waals surface area contributed by atoms with Crippen molar-refractivity contribution in [2.75, 3.05) is 39.3 Å². The highest BCUT2D eigenvalue weighted by atomic mass is 19.1. The number of aliphatic carboxylic acids is 1. The molecule has 0 spiro atoms. The largest absolute Gasteiger partial charge is 0.481 e. The fourth-order valence-corrected chi connectivity index (χ4v) is 4.75. The van der Waals surface area contributed by atoms with E-state index < -0.39 is 11.4 Å². The van der Waals surface area contributed by atoms with Gasteiger partial charge in [-0.1, -0.05) is 42.5 Å². The van der Waals surface area contributed by atoms with Gasteiger partial charge in [-0.15, -0.1) is 0 Å². The summed E-state index contributed by atoms with van der Waals surface area (Å²) in [4.78, 5) is 16.3. The van der Waals surface area contributed by atoms with Gasteiger partial charge in [-0.3, -0.25) is 14.6 Å². The second kappa shape index (κ2) is 7.62. The van der Waals surface area contributed by atoms with E-state index in [1.807, 2.05) is 30.3 Å². The number of likely N-dealkylation sites (tertiary alicyclic amines) is 2. The number of carbonyl (C=O) groups is 1. The van der Waals surface area contributed by atoms with Gasteiger partial charge in [0, 0.05) is 50.7 Å². The summed E-state index contributed by atoms with van der Waals surface area (Å²) in [5, 5.41) is 19.0. The first-order valence-electron chi connectivity index (χ1n) is 9.64. The molecule has 0 aliphatic carbocycles. The minimum Gasteiger partial charge on any atom is -0.481 e. The Morgan fingerprint density at radius 3 is 2.39 bits per heavy atom. The minimum absolute atomic E-state index is 0.0560. The van der Waals surface area contributed by atoms with E-state index in [1.165, 1.54) is 6.07 Å². The van der Waals surface area contributed by atoms with Gasteiger partial charge in [0.15, 0.2) is 0 Å². The molecule has 5 nitrogen and oxygen atoms in total. The topological polar surface area (TPSA) is 64.0 Å². The van der Waals surface area contributed by atoms with Gasteiger partial charge in [0.05, 0.1) is 12.0 Å². The molecule has 2 aromatic carbocycles. The van der Waals surface area contributed by atoms with Crippen LogP contribution in [-0.2, 0) is 11.3 Å². The molecule has 0 saturated carbocycles. The van der Waals surface area contributed by atoms with Crippen molar-refractivity contribution in [1.29, 1.82) is 0 Å². The maximum Gasteiger partial charge on any atom is 0.312 e. The number of hydrogen-bond acceptors (Lipinski definition) is 4. The van der Waals surface area contributed by atoms with Gasteiger partial charge in [-0.25, -0.2) is 4.39 Å². The van der Waals surface area contributed by atoms with Gasteiger partial charge in [0.25, 0.3) is 0 Å². The Morgan fingerprint density at radius 1 is 1.07 bits per heavy atom. The molecule has 2 saturated heterocycles. The zero-order valence-electron chi connectivity index (χ0n) is 15.7. The molecule has 28 heavy (non-hydrogen) atoms. The van der Waals surface area contributed by atoms with E-state index in [-0.39, 0.29) is 18.3 Å². The fourth-order valence-electron chi connectivity index (χ4n) is 4.75. The summed E-state index contributed by atoms with van der Waals surface area (Å²) in [5.74, 6) is -0.900. The van der Waals surface area contributed by atoms with E-state index in [2.05, 4.69) is 9.80 Å². The summed E-state index contributed by atoms with van der Waals surface area (Å²) in [5.41, 5.74) is 1.76. The van der Waals surface area contributed by atoms with Crippen LogP contribution in [0.2, 0.25) is 0 Å². The molecule has 2 aromatic rings. The molecule has 0 bridgehead atoms. The molecular weight excluding hydrogens is 359 g/mol. The summed E-state index contributed by atoms with van der Waals surface area (Å²) < 4.78 is 14.0. The molecule has 2 N–H and O–H groups in total. The third-order valence-electron chi connectivity index (χ3n) is 6.14. The van der Waals surface area contributed by atoms with Crippen molar-refractivity contribution in [3.8, 4) is 11.1 Å². The fraction of sp³-hybridized carbons (Fsp3) is 0.409. The van der Waals surface area contributed by atoms with E-state index in [9.17, 15) is 14.3 Å². The third kappa shape index (κ3) is 3.43. The normalized spacial score (nSPS) is 25.1. The van der Waals surface area contributed by atoms with Crippen LogP contribution >= 0.6 is 0 Å². The van der Waals surface area contributed by atoms with Crippen LogP contribution in [0.1, 0.15) is 5.56 Å². The number of halogens is 1. The summed E-state index contributed by atoms with van der Waals surface area (Å²) in [7, 11) is 0. The maximum atomic E-state index is 14.0. The molecule has 148 valence electrons. The lowest BCUT2D eigenvalue weighted by Gasteiger charge is -2.25. The van der Waals surface area contributed by atoms with Crippen molar-refractivity contribution in [1.82, 2.24) is 9.80 Å². The van der Waals surface area contributed by atoms with E-state index >= 15 is 0 Å². The molecule has 2 heterocycles. The lowest BCUT2D eigenvalue weighted by atomic mass is 9.81. The molecule has 2 fully saturated rings. The number of fused-ring (bicyclic) bond motifs is 1. The van der Waals surface area contributed by atoms with Gasteiger partial charge in [0.2, 0.25) is 0 Å². The van der Waals surface area contributed by atoms with E-state index in [1.54, 1.807) is 12.1 Å². The van der Waals surface area contributed by atoms with Crippen LogP contribution < -0.4 is 0 Å². The number of benzene rings is 2. The van der Waals surface area contributed by atoms with Crippen molar-refractivity contribution in [3.05, 3.63) is 59.9 Å². The summed E-state index contributed by atoms with van der Waals surface area (Å²) in [6.07, 6.45) is 0. The SMILES string of the molecule is O=C(O)[C@@]12CN(CCO)C[C@@H]1CN(Cc1ccc(-c3ccccc3F)cc1)C2. The molecule has 2 aliphatic rings. The van der Waals surface area contributed by atoms with E-state index in [0.717, 1.165) is 24.2 Å². The van der Waals surface area contributed by atoms with Gasteiger partial charge in [-0.2, -0.15) is 0 Å². The third-order valence-corrected chi connectivity index (χ3v) is 6.14. The molecule has 0 amide bonds. The number of rotatable bonds is 6. The monoisotopic (exact) mass is 384 g/mol. The molecule has 0 radical (unpaired) electrons. The van der Waals surface area contributed by atoms with Crippen LogP contribution in [0.25, 0.3) is 11.1 Å². The first-order chi connectivity index (χ1) is 13.5. The van der Waals surface area contributed by atoms with Crippen LogP contribution in [-0.4, -0.2) is 65.3 Å². The van der Waals surface area contributed by atoms with Gasteiger partial charge in [0.1, 0.15) is 5.82 Å². The number of β-amino-alcohol motifs (C(OH)–C–C–N with tert-alkyl or cyclic N) is 1. The summed E-state index contributed by atoms with van der Waals surface area (Å²) in [6.45, 7) is 3.74. The van der Waals surface area contributed by atoms with Crippen molar-refractivity contribution in [2.45, 2.75) is 6.54 Å². The number of aliphatic hydroxyl groups is 1. The van der Waals surface area contributed by atoms with Crippen molar-refractivity contribution in [2.24, 2.45) is 11.3 Å². The van der Waals surface area contributed by atoms with E-state index in [4.69, 9.17) is 5.11 Å². The van der Waals surface area contributed by atoms with Gasteiger partial charge >= 0.3 is 5.97 Å². The average molecular weight is 384 g/mol. The van der Waals surface area contributed by atoms with Crippen LogP contribution in [0, 0.1) is 17.2 Å². The predicted octanol–water partition coefficient (Wildman–Crippen LogP) is 2.30. The number of hydrogen-bond donors (Lipinski definition) is 2. The number of carboxylic acids is 1. The lowest BCUT2D eigenvalue weighted by molar-refractivity contribution is -0.149. The van der Waals surface area contributed by atoms with Crippen LogP contribution in [0.15, 0.2) is 48.5 Å². The molecule has 2 atom stereocenters. The Labute approximate surface area is 164 Å². The predicted molar refractivity (Wildman–Crippen MR) is 104 cm³/mol. The Bertz CT molecular complexity index is 857. The van der Waals surface area contributed by atoms with Crippen molar-refractivity contribution in [3.63, 3.8) is 0 Å². The smallest absolute Gasteiger partial charge is 0.312 e. The highest BCUT2D eigenvalue weighted by molar-refractivity contribution is 5.77. The Kier molecular flexibility index (Phi) is 5.19. The zero-order valence-corrected chi connectivity index (χ0v) is 15.7. The number of nitrogens with zero attached hydrogens (tertiary/aromatic N) is 2. The molecule has 0 aromatic heterocycles. The lowest BCUT2D eigenvalue weighted by Crippen LogP contribution is -2.41. The number of aliphatic hydroxyl groups excluding tert-OH is 1. The highest BCUT2D eigenvalue weighted by Gasteiger charge is 2.57. The molecule has 2 aliphatic heterocycles. The average Bonchev–Trinajstić information content (AvgIpc) is 3.18. The standard InChI is InChI=1S/C22H25FN2O3/c23-20-4-2-1-3-19(20)17-7-5-16(6-8-17)11-25-13-18-12-24(9-10-26)14-22(18,15-25)21(27)28/h1-8,18,26H,9-15H2,(H,27,28)/t18-,22-/m1/s1. The first-order valence-corrected chi connectivity index (χ1v) is 9.64. The second-order valence-corrected chi connectivity index (χ2v) is 7.96. The highest BCUT2D eigenvalue weighted by Crippen LogP contribution is 2.43. The van der Waals surface area contributed by atoms with Crippen LogP contribution in [0.5, 0.6) is 0 Å². The first kappa shape index (κ1) is 19.1. The Hall–Kier alpha value is -2.28. The van der Waals surface area contributed by atoms with Crippen molar-refractivity contribution >= 4 is 5.97 Å². The molecule has 6 heteroatoms. The molecule has 0 unspecified atom stereocenters. The van der Waals surface area contributed by atoms with Crippen LogP contribution in [0.4, 0.5) is 4.39 Å². The Balaban J connectivity index is 1.45.